The van der Waals surface area contributed by atoms with Crippen LogP contribution in [-0.2, 0) is 11.3 Å². The van der Waals surface area contributed by atoms with Crippen molar-refractivity contribution in [2.75, 3.05) is 11.9 Å². The number of nitrogens with one attached hydrogen (secondary N) is 1. The molecule has 2 aromatic heterocycles. The summed E-state index contributed by atoms with van der Waals surface area (Å²) in [5.74, 6) is -0.426. The number of carbonyl (C=O) groups excluding carboxylic acids is 1. The SMILES string of the molecule is Cc1ccn(CC2CCCO2)c(=O)c1C(=O)Nc1ccc2nc(C)c(C)nc2c1. The van der Waals surface area contributed by atoms with Crippen molar-refractivity contribution in [1.82, 2.24) is 14.5 Å². The minimum absolute atomic E-state index is 0.0251. The third kappa shape index (κ3) is 3.91. The Balaban J connectivity index is 1.61. The van der Waals surface area contributed by atoms with E-state index in [-0.39, 0.29) is 17.2 Å². The lowest BCUT2D eigenvalue weighted by atomic mass is 10.1. The number of ether oxygens (including phenoxy) is 1. The molecule has 4 rings (SSSR count). The molecule has 1 amide bonds. The van der Waals surface area contributed by atoms with Crippen molar-refractivity contribution in [3.63, 3.8) is 0 Å². The molecule has 1 saturated heterocycles. The van der Waals surface area contributed by atoms with Gasteiger partial charge in [-0.1, -0.05) is 0 Å². The minimum atomic E-state index is -0.426. The summed E-state index contributed by atoms with van der Waals surface area (Å²) in [6.07, 6.45) is 3.69. The lowest BCUT2D eigenvalue weighted by Gasteiger charge is -2.14. The molecule has 1 N–H and O–H groups in total. The second-order valence-electron chi connectivity index (χ2n) is 7.52. The fourth-order valence-electron chi connectivity index (χ4n) is 3.59. The molecule has 7 nitrogen and oxygen atoms in total. The predicted molar refractivity (Wildman–Crippen MR) is 111 cm³/mol. The molecule has 0 bridgehead atoms. The van der Waals surface area contributed by atoms with Crippen LogP contribution in [0.25, 0.3) is 11.0 Å². The standard InChI is InChI=1S/C22H24N4O3/c1-13-8-9-26(12-17-5-4-10-29-17)22(28)20(13)21(27)25-16-6-7-18-19(11-16)24-15(3)14(2)23-18/h6-9,11,17H,4-5,10,12H2,1-3H3,(H,25,27). The topological polar surface area (TPSA) is 86.1 Å². The van der Waals surface area contributed by atoms with Gasteiger partial charge in [0.1, 0.15) is 5.56 Å². The fraction of sp³-hybridized carbons (Fsp3) is 0.364. The van der Waals surface area contributed by atoms with E-state index in [1.165, 1.54) is 0 Å². The first-order valence-corrected chi connectivity index (χ1v) is 9.80. The average Bonchev–Trinajstić information content (AvgIpc) is 3.18. The third-order valence-electron chi connectivity index (χ3n) is 5.36. The Labute approximate surface area is 168 Å². The maximum atomic E-state index is 12.9. The summed E-state index contributed by atoms with van der Waals surface area (Å²) in [5, 5.41) is 2.84. The highest BCUT2D eigenvalue weighted by Crippen LogP contribution is 2.19. The zero-order valence-electron chi connectivity index (χ0n) is 16.9. The van der Waals surface area contributed by atoms with Crippen molar-refractivity contribution >= 4 is 22.6 Å². The van der Waals surface area contributed by atoms with Crippen LogP contribution in [0.1, 0.15) is 40.2 Å². The van der Waals surface area contributed by atoms with E-state index in [1.807, 2.05) is 19.9 Å². The molecule has 0 spiro atoms. The van der Waals surface area contributed by atoms with Crippen LogP contribution in [-0.4, -0.2) is 33.2 Å². The van der Waals surface area contributed by atoms with E-state index in [1.54, 1.807) is 35.9 Å². The Morgan fingerprint density at radius 1 is 1.17 bits per heavy atom. The van der Waals surface area contributed by atoms with Crippen LogP contribution in [0.15, 0.2) is 35.3 Å². The van der Waals surface area contributed by atoms with Crippen molar-refractivity contribution < 1.29 is 9.53 Å². The molecule has 1 fully saturated rings. The summed E-state index contributed by atoms with van der Waals surface area (Å²) >= 11 is 0. The Kier molecular flexibility index (Phi) is 5.15. The summed E-state index contributed by atoms with van der Waals surface area (Å²) in [6, 6.07) is 7.16. The molecule has 7 heteroatoms. The van der Waals surface area contributed by atoms with Crippen molar-refractivity contribution in [1.29, 1.82) is 0 Å². The number of aromatic nitrogens is 3. The Morgan fingerprint density at radius 2 is 1.93 bits per heavy atom. The van der Waals surface area contributed by atoms with E-state index in [4.69, 9.17) is 4.74 Å². The average molecular weight is 392 g/mol. The van der Waals surface area contributed by atoms with Crippen LogP contribution < -0.4 is 10.9 Å². The molecule has 0 aliphatic carbocycles. The molecular weight excluding hydrogens is 368 g/mol. The number of fused-ring (bicyclic) bond motifs is 1. The smallest absolute Gasteiger partial charge is 0.263 e. The normalized spacial score (nSPS) is 16.3. The minimum Gasteiger partial charge on any atom is -0.376 e. The molecule has 1 unspecified atom stereocenters. The van der Waals surface area contributed by atoms with Crippen molar-refractivity contribution in [2.45, 2.75) is 46.3 Å². The van der Waals surface area contributed by atoms with E-state index < -0.39 is 5.91 Å². The number of hydrogen-bond donors (Lipinski definition) is 1. The van der Waals surface area contributed by atoms with Gasteiger partial charge in [0, 0.05) is 18.5 Å². The number of anilines is 1. The predicted octanol–water partition coefficient (Wildman–Crippen LogP) is 3.15. The van der Waals surface area contributed by atoms with Gasteiger partial charge in [0.25, 0.3) is 11.5 Å². The van der Waals surface area contributed by atoms with Crippen LogP contribution in [0, 0.1) is 20.8 Å². The van der Waals surface area contributed by atoms with Gasteiger partial charge < -0.3 is 14.6 Å². The van der Waals surface area contributed by atoms with E-state index in [0.717, 1.165) is 36.4 Å². The monoisotopic (exact) mass is 392 g/mol. The first-order chi connectivity index (χ1) is 13.9. The molecule has 3 heterocycles. The number of nitrogens with zero attached hydrogens (tertiary/aromatic N) is 3. The first kappa shape index (κ1) is 19.3. The summed E-state index contributed by atoms with van der Waals surface area (Å²) in [6.45, 7) is 6.77. The molecule has 29 heavy (non-hydrogen) atoms. The molecule has 3 aromatic rings. The summed E-state index contributed by atoms with van der Waals surface area (Å²) in [7, 11) is 0. The number of benzene rings is 1. The largest absolute Gasteiger partial charge is 0.376 e. The van der Waals surface area contributed by atoms with Crippen molar-refractivity contribution in [3.8, 4) is 0 Å². The van der Waals surface area contributed by atoms with Gasteiger partial charge in [-0.25, -0.2) is 9.97 Å². The molecule has 1 aromatic carbocycles. The number of pyridine rings is 1. The van der Waals surface area contributed by atoms with Gasteiger partial charge in [0.2, 0.25) is 0 Å². The number of amides is 1. The summed E-state index contributed by atoms with van der Waals surface area (Å²) < 4.78 is 7.19. The Hall–Kier alpha value is -3.06. The first-order valence-electron chi connectivity index (χ1n) is 9.80. The zero-order chi connectivity index (χ0) is 20.5. The quantitative estimate of drug-likeness (QED) is 0.737. The molecular formula is C22H24N4O3. The van der Waals surface area contributed by atoms with Crippen LogP contribution in [0.3, 0.4) is 0 Å². The van der Waals surface area contributed by atoms with E-state index in [0.29, 0.717) is 23.3 Å². The second-order valence-corrected chi connectivity index (χ2v) is 7.52. The Bertz CT molecular complexity index is 1150. The van der Waals surface area contributed by atoms with Crippen LogP contribution in [0.5, 0.6) is 0 Å². The number of rotatable bonds is 4. The van der Waals surface area contributed by atoms with E-state index in [2.05, 4.69) is 15.3 Å². The highest BCUT2D eigenvalue weighted by molar-refractivity contribution is 6.05. The third-order valence-corrected chi connectivity index (χ3v) is 5.36. The van der Waals surface area contributed by atoms with Crippen LogP contribution in [0.2, 0.25) is 0 Å². The van der Waals surface area contributed by atoms with E-state index in [9.17, 15) is 9.59 Å². The van der Waals surface area contributed by atoms with Crippen LogP contribution >= 0.6 is 0 Å². The second kappa shape index (κ2) is 7.75. The van der Waals surface area contributed by atoms with Gasteiger partial charge >= 0.3 is 0 Å². The number of aryl methyl sites for hydroxylation is 3. The van der Waals surface area contributed by atoms with Crippen molar-refractivity contribution in [2.24, 2.45) is 0 Å². The molecule has 1 aliphatic rings. The molecule has 150 valence electrons. The summed E-state index contributed by atoms with van der Waals surface area (Å²) in [5.41, 5.74) is 4.25. The van der Waals surface area contributed by atoms with E-state index >= 15 is 0 Å². The van der Waals surface area contributed by atoms with Gasteiger partial charge in [-0.3, -0.25) is 9.59 Å². The van der Waals surface area contributed by atoms with Gasteiger partial charge in [-0.2, -0.15) is 0 Å². The maximum absolute atomic E-state index is 12.9. The highest BCUT2D eigenvalue weighted by Gasteiger charge is 2.20. The van der Waals surface area contributed by atoms with Gasteiger partial charge in [-0.15, -0.1) is 0 Å². The molecule has 0 radical (unpaired) electrons. The molecule has 1 aliphatic heterocycles. The van der Waals surface area contributed by atoms with Gasteiger partial charge in [-0.05, 0) is 63.4 Å². The zero-order valence-corrected chi connectivity index (χ0v) is 16.9. The number of carbonyl (C=O) groups is 1. The lowest BCUT2D eigenvalue weighted by molar-refractivity contribution is 0.0952. The summed E-state index contributed by atoms with van der Waals surface area (Å²) in [4.78, 5) is 34.9. The molecule has 1 atom stereocenters. The fourth-order valence-corrected chi connectivity index (χ4v) is 3.59. The lowest BCUT2D eigenvalue weighted by Crippen LogP contribution is -2.32. The Morgan fingerprint density at radius 3 is 2.66 bits per heavy atom. The van der Waals surface area contributed by atoms with Gasteiger partial charge in [0.05, 0.1) is 35.1 Å². The van der Waals surface area contributed by atoms with Crippen molar-refractivity contribution in [3.05, 3.63) is 63.3 Å². The highest BCUT2D eigenvalue weighted by atomic mass is 16.5. The maximum Gasteiger partial charge on any atom is 0.263 e. The number of hydrogen-bond acceptors (Lipinski definition) is 5. The van der Waals surface area contributed by atoms with Gasteiger partial charge in [0.15, 0.2) is 0 Å². The van der Waals surface area contributed by atoms with Crippen LogP contribution in [0.4, 0.5) is 5.69 Å². The molecule has 0 saturated carbocycles.